The standard InChI is InChI=1S/C5H11Cl2OPSi/c1-10(2,3)5-4-9(6,7)8/h4-5H,1-3H3/b5-4+. The minimum absolute atomic E-state index is 1.29. The Balaban J connectivity index is 4.16. The lowest BCUT2D eigenvalue weighted by atomic mass is 11.2. The maximum absolute atomic E-state index is 10.7. The van der Waals surface area contributed by atoms with Crippen molar-refractivity contribution >= 4 is 36.4 Å². The normalized spacial score (nSPS) is 14.5. The van der Waals surface area contributed by atoms with E-state index in [1.807, 2.05) is 5.70 Å². The van der Waals surface area contributed by atoms with E-state index in [4.69, 9.17) is 22.5 Å². The summed E-state index contributed by atoms with van der Waals surface area (Å²) in [6.07, 6.45) is 0. The molecule has 0 spiro atoms. The molecule has 0 atom stereocenters. The van der Waals surface area contributed by atoms with Crippen molar-refractivity contribution < 1.29 is 4.57 Å². The first-order chi connectivity index (χ1) is 4.21. The molecule has 0 rings (SSSR count). The molecule has 0 saturated heterocycles. The van der Waals surface area contributed by atoms with Crippen molar-refractivity contribution in [3.8, 4) is 0 Å². The van der Waals surface area contributed by atoms with Crippen LogP contribution in [0.15, 0.2) is 11.5 Å². The molecule has 0 fully saturated rings. The second kappa shape index (κ2) is 3.44. The van der Waals surface area contributed by atoms with Crippen LogP contribution in [0.3, 0.4) is 0 Å². The highest BCUT2D eigenvalue weighted by molar-refractivity contribution is 8.10. The van der Waals surface area contributed by atoms with Crippen molar-refractivity contribution in [2.24, 2.45) is 0 Å². The first kappa shape index (κ1) is 10.8. The summed E-state index contributed by atoms with van der Waals surface area (Å²) in [5.41, 5.74) is 1.88. The zero-order valence-electron chi connectivity index (χ0n) is 6.27. The summed E-state index contributed by atoms with van der Waals surface area (Å²) in [7, 11) is -1.29. The van der Waals surface area contributed by atoms with Crippen molar-refractivity contribution in [3.05, 3.63) is 11.5 Å². The fourth-order valence-corrected chi connectivity index (χ4v) is 3.81. The Labute approximate surface area is 72.4 Å². The van der Waals surface area contributed by atoms with Crippen molar-refractivity contribution in [2.45, 2.75) is 19.6 Å². The first-order valence-corrected chi connectivity index (χ1v) is 10.1. The average Bonchev–Trinajstić information content (AvgIpc) is 1.57. The van der Waals surface area contributed by atoms with Gasteiger partial charge in [0, 0.05) is 0 Å². The third-order valence-corrected chi connectivity index (χ3v) is 3.37. The predicted octanol–water partition coefficient (Wildman–Crippen LogP) is 4.05. The molecule has 0 heterocycles. The monoisotopic (exact) mass is 216 g/mol. The third-order valence-electron chi connectivity index (χ3n) is 0.748. The lowest BCUT2D eigenvalue weighted by Gasteiger charge is -2.07. The molecule has 0 bridgehead atoms. The zero-order chi connectivity index (χ0) is 8.41. The van der Waals surface area contributed by atoms with E-state index in [1.165, 1.54) is 5.82 Å². The summed E-state index contributed by atoms with van der Waals surface area (Å²) in [5.74, 6) is -1.54. The summed E-state index contributed by atoms with van der Waals surface area (Å²) in [6.45, 7) is 6.35. The molecule has 0 unspecified atom stereocenters. The van der Waals surface area contributed by atoms with Crippen LogP contribution in [0.4, 0.5) is 0 Å². The van der Waals surface area contributed by atoms with Crippen LogP contribution in [0.1, 0.15) is 0 Å². The topological polar surface area (TPSA) is 17.1 Å². The summed E-state index contributed by atoms with van der Waals surface area (Å²) < 4.78 is 10.7. The van der Waals surface area contributed by atoms with Crippen LogP contribution in [-0.2, 0) is 4.57 Å². The third kappa shape index (κ3) is 8.77. The Morgan fingerprint density at radius 2 is 1.70 bits per heavy atom. The highest BCUT2D eigenvalue weighted by Gasteiger charge is 2.12. The van der Waals surface area contributed by atoms with Gasteiger partial charge in [0.1, 0.15) is 0 Å². The lowest BCUT2D eigenvalue weighted by Crippen LogP contribution is -2.14. The zero-order valence-corrected chi connectivity index (χ0v) is 9.67. The number of hydrogen-bond donors (Lipinski definition) is 0. The summed E-state index contributed by atoms with van der Waals surface area (Å²) in [5, 5.41) is 0. The molecular formula is C5H11Cl2OPSi. The Morgan fingerprint density at radius 3 is 1.80 bits per heavy atom. The molecule has 0 N–H and O–H groups in total. The molecule has 0 aliphatic carbocycles. The molecule has 0 aromatic carbocycles. The molecule has 0 radical (unpaired) electrons. The van der Waals surface area contributed by atoms with Crippen LogP contribution < -0.4 is 0 Å². The van der Waals surface area contributed by atoms with Gasteiger partial charge in [-0.05, 0) is 28.3 Å². The summed E-state index contributed by atoms with van der Waals surface area (Å²) >= 11 is 10.6. The maximum atomic E-state index is 10.7. The van der Waals surface area contributed by atoms with Crippen LogP contribution >= 0.6 is 28.3 Å². The Morgan fingerprint density at radius 1 is 1.30 bits per heavy atom. The van der Waals surface area contributed by atoms with E-state index in [1.54, 1.807) is 0 Å². The fourth-order valence-electron chi connectivity index (χ4n) is 0.310. The van der Waals surface area contributed by atoms with E-state index in [-0.39, 0.29) is 0 Å². The van der Waals surface area contributed by atoms with E-state index < -0.39 is 13.9 Å². The number of hydrogen-bond acceptors (Lipinski definition) is 1. The number of halogens is 2. The SMILES string of the molecule is C[Si](C)(C)/C=C/P(=O)(Cl)Cl. The second-order valence-electron chi connectivity index (χ2n) is 3.18. The Hall–Kier alpha value is 0.767. The fraction of sp³-hybridized carbons (Fsp3) is 0.600. The van der Waals surface area contributed by atoms with Gasteiger partial charge in [0.05, 0.1) is 8.07 Å². The van der Waals surface area contributed by atoms with Gasteiger partial charge in [-0.15, -0.1) is 0 Å². The van der Waals surface area contributed by atoms with Crippen LogP contribution in [0.2, 0.25) is 19.6 Å². The molecule has 0 aliphatic rings. The predicted molar refractivity (Wildman–Crippen MR) is 51.8 cm³/mol. The van der Waals surface area contributed by atoms with Crippen LogP contribution in [0.25, 0.3) is 0 Å². The van der Waals surface area contributed by atoms with Crippen molar-refractivity contribution in [2.75, 3.05) is 0 Å². The highest BCUT2D eigenvalue weighted by atomic mass is 35.9. The molecule has 0 aliphatic heterocycles. The molecule has 1 nitrogen and oxygen atoms in total. The van der Waals surface area contributed by atoms with E-state index in [9.17, 15) is 4.57 Å². The minimum Gasteiger partial charge on any atom is -0.285 e. The van der Waals surface area contributed by atoms with Gasteiger partial charge in [0.25, 0.3) is 5.85 Å². The van der Waals surface area contributed by atoms with Crippen LogP contribution in [0.5, 0.6) is 0 Å². The van der Waals surface area contributed by atoms with Crippen LogP contribution in [0, 0.1) is 0 Å². The molecule has 0 saturated carbocycles. The van der Waals surface area contributed by atoms with E-state index in [2.05, 4.69) is 19.6 Å². The first-order valence-electron chi connectivity index (χ1n) is 2.90. The van der Waals surface area contributed by atoms with E-state index in [0.717, 1.165) is 0 Å². The lowest BCUT2D eigenvalue weighted by molar-refractivity contribution is 0.597. The summed E-state index contributed by atoms with van der Waals surface area (Å²) in [4.78, 5) is 0. The molecule has 0 aromatic heterocycles. The van der Waals surface area contributed by atoms with Crippen molar-refractivity contribution in [3.63, 3.8) is 0 Å². The van der Waals surface area contributed by atoms with Gasteiger partial charge in [-0.1, -0.05) is 25.3 Å². The molecule has 0 amide bonds. The van der Waals surface area contributed by atoms with Gasteiger partial charge in [-0.3, -0.25) is 4.57 Å². The smallest absolute Gasteiger partial charge is 0.274 e. The molecule has 5 heteroatoms. The molecule has 0 aromatic rings. The Kier molecular flexibility index (Phi) is 3.71. The molecule has 60 valence electrons. The van der Waals surface area contributed by atoms with Gasteiger partial charge in [0.2, 0.25) is 0 Å². The average molecular weight is 217 g/mol. The minimum atomic E-state index is -2.96. The number of rotatable bonds is 2. The van der Waals surface area contributed by atoms with E-state index >= 15 is 0 Å². The van der Waals surface area contributed by atoms with Crippen molar-refractivity contribution in [1.29, 1.82) is 0 Å². The van der Waals surface area contributed by atoms with Crippen LogP contribution in [-0.4, -0.2) is 8.07 Å². The highest BCUT2D eigenvalue weighted by Crippen LogP contribution is 2.58. The molecule has 10 heavy (non-hydrogen) atoms. The van der Waals surface area contributed by atoms with Gasteiger partial charge in [-0.25, -0.2) is 0 Å². The second-order valence-corrected chi connectivity index (χ2v) is 13.1. The summed E-state index contributed by atoms with van der Waals surface area (Å²) in [6, 6.07) is 0. The largest absolute Gasteiger partial charge is 0.285 e. The van der Waals surface area contributed by atoms with Gasteiger partial charge in [0.15, 0.2) is 0 Å². The quantitative estimate of drug-likeness (QED) is 0.503. The van der Waals surface area contributed by atoms with Crippen molar-refractivity contribution in [1.82, 2.24) is 0 Å². The Bertz CT molecular complexity index is 179. The van der Waals surface area contributed by atoms with Gasteiger partial charge in [-0.2, -0.15) is 0 Å². The van der Waals surface area contributed by atoms with Gasteiger partial charge < -0.3 is 0 Å². The maximum Gasteiger partial charge on any atom is 0.274 e. The van der Waals surface area contributed by atoms with Gasteiger partial charge >= 0.3 is 0 Å². The molecular weight excluding hydrogens is 206 g/mol. The van der Waals surface area contributed by atoms with E-state index in [0.29, 0.717) is 0 Å².